The lowest BCUT2D eigenvalue weighted by molar-refractivity contribution is 0.226. The van der Waals surface area contributed by atoms with Gasteiger partial charge in [0.05, 0.1) is 32.0 Å². The van der Waals surface area contributed by atoms with Crippen LogP contribution in [0.15, 0.2) is 36.4 Å². The van der Waals surface area contributed by atoms with Gasteiger partial charge in [0.25, 0.3) is 0 Å². The maximum Gasteiger partial charge on any atom is 0.172 e. The monoisotopic (exact) mass is 442 g/mol. The predicted octanol–water partition coefficient (Wildman–Crippen LogP) is 2.46. The van der Waals surface area contributed by atoms with E-state index in [1.54, 1.807) is 0 Å². The van der Waals surface area contributed by atoms with Crippen molar-refractivity contribution in [2.45, 2.75) is 24.4 Å². The minimum Gasteiger partial charge on any atom is -0.491 e. The molecule has 0 saturated carbocycles. The molecule has 0 amide bonds. The van der Waals surface area contributed by atoms with Gasteiger partial charge in [-0.25, -0.2) is 0 Å². The lowest BCUT2D eigenvalue weighted by Gasteiger charge is -2.20. The van der Waals surface area contributed by atoms with Crippen molar-refractivity contribution in [3.05, 3.63) is 36.4 Å². The summed E-state index contributed by atoms with van der Waals surface area (Å²) in [6, 6.07) is 11.7. The molecule has 0 aliphatic carbocycles. The molecule has 170 valence electrons. The highest BCUT2D eigenvalue weighted by atomic mass is 16.6. The van der Waals surface area contributed by atoms with Crippen LogP contribution in [0.1, 0.15) is 0 Å². The van der Waals surface area contributed by atoms with E-state index in [0.29, 0.717) is 44.5 Å². The summed E-state index contributed by atoms with van der Waals surface area (Å²) in [6.07, 6.45) is 0.629. The van der Waals surface area contributed by atoms with Crippen molar-refractivity contribution in [2.75, 3.05) is 52.9 Å². The molecule has 4 saturated heterocycles. The first-order valence-corrected chi connectivity index (χ1v) is 11.1. The number of ether oxygens (including phenoxy) is 8. The fourth-order valence-corrected chi connectivity index (χ4v) is 3.30. The van der Waals surface area contributed by atoms with Gasteiger partial charge in [0.15, 0.2) is 11.5 Å². The Labute approximate surface area is 186 Å². The highest BCUT2D eigenvalue weighted by Crippen LogP contribution is 2.46. The third-order valence-electron chi connectivity index (χ3n) is 5.53. The molecule has 32 heavy (non-hydrogen) atoms. The standard InChI is InChI=1S/C24H26O8/c1-3-16(25-7-17-8-26-17)4-2-15(1)23-21(30-12-18-9-27-18)5-6-22(31-13-19-10-28-19)24(23)32-14-20-11-29-20/h1-6,17-20H,7-14H2. The topological polar surface area (TPSA) is 87.0 Å². The molecule has 6 rings (SSSR count). The van der Waals surface area contributed by atoms with Crippen LogP contribution in [0.2, 0.25) is 0 Å². The molecule has 8 heteroatoms. The summed E-state index contributed by atoms with van der Waals surface area (Å²) in [7, 11) is 0. The first kappa shape index (κ1) is 20.1. The van der Waals surface area contributed by atoms with Gasteiger partial charge in [-0.3, -0.25) is 0 Å². The molecule has 0 N–H and O–H groups in total. The van der Waals surface area contributed by atoms with Gasteiger partial charge in [0, 0.05) is 0 Å². The van der Waals surface area contributed by atoms with E-state index in [1.807, 2.05) is 36.4 Å². The van der Waals surface area contributed by atoms with E-state index in [1.165, 1.54) is 0 Å². The summed E-state index contributed by atoms with van der Waals surface area (Å²) < 4.78 is 45.4. The molecule has 4 atom stereocenters. The van der Waals surface area contributed by atoms with E-state index in [0.717, 1.165) is 42.4 Å². The van der Waals surface area contributed by atoms with Gasteiger partial charge in [-0.15, -0.1) is 0 Å². The van der Waals surface area contributed by atoms with Crippen molar-refractivity contribution in [1.82, 2.24) is 0 Å². The molecule has 4 heterocycles. The van der Waals surface area contributed by atoms with Gasteiger partial charge >= 0.3 is 0 Å². The number of hydrogen-bond acceptors (Lipinski definition) is 8. The zero-order chi connectivity index (χ0) is 21.3. The number of rotatable bonds is 13. The lowest BCUT2D eigenvalue weighted by Crippen LogP contribution is -2.11. The van der Waals surface area contributed by atoms with Crippen LogP contribution in [0, 0.1) is 0 Å². The minimum atomic E-state index is 0.118. The molecule has 4 fully saturated rings. The summed E-state index contributed by atoms with van der Waals surface area (Å²) in [4.78, 5) is 0. The Kier molecular flexibility index (Phi) is 5.52. The Morgan fingerprint density at radius 3 is 1.59 bits per heavy atom. The average Bonchev–Trinajstić information content (AvgIpc) is 3.65. The first-order valence-electron chi connectivity index (χ1n) is 11.1. The van der Waals surface area contributed by atoms with E-state index >= 15 is 0 Å². The Morgan fingerprint density at radius 2 is 1.03 bits per heavy atom. The highest BCUT2D eigenvalue weighted by molar-refractivity contribution is 5.80. The highest BCUT2D eigenvalue weighted by Gasteiger charge is 2.29. The molecular weight excluding hydrogens is 416 g/mol. The lowest BCUT2D eigenvalue weighted by atomic mass is 10.0. The van der Waals surface area contributed by atoms with Gasteiger partial charge in [0.1, 0.15) is 62.3 Å². The average molecular weight is 442 g/mol. The summed E-state index contributed by atoms with van der Waals surface area (Å²) in [5.41, 5.74) is 1.80. The van der Waals surface area contributed by atoms with Crippen molar-refractivity contribution in [1.29, 1.82) is 0 Å². The second-order valence-corrected chi connectivity index (χ2v) is 8.36. The molecule has 4 aliphatic rings. The third-order valence-corrected chi connectivity index (χ3v) is 5.53. The van der Waals surface area contributed by atoms with E-state index in [9.17, 15) is 0 Å². The Bertz CT molecular complexity index is 930. The number of benzene rings is 2. The van der Waals surface area contributed by atoms with Gasteiger partial charge in [-0.1, -0.05) is 12.1 Å². The van der Waals surface area contributed by atoms with E-state index in [2.05, 4.69) is 0 Å². The van der Waals surface area contributed by atoms with Gasteiger partial charge in [-0.2, -0.15) is 0 Å². The molecular formula is C24H26O8. The molecule has 0 aromatic heterocycles. The van der Waals surface area contributed by atoms with Gasteiger partial charge in [0.2, 0.25) is 0 Å². The van der Waals surface area contributed by atoms with Crippen LogP contribution >= 0.6 is 0 Å². The van der Waals surface area contributed by atoms with Crippen LogP contribution in [0.3, 0.4) is 0 Å². The fraction of sp³-hybridized carbons (Fsp3) is 0.500. The zero-order valence-corrected chi connectivity index (χ0v) is 17.7. The molecule has 2 aromatic carbocycles. The molecule has 0 radical (unpaired) electrons. The van der Waals surface area contributed by atoms with Crippen molar-refractivity contribution in [3.8, 4) is 34.1 Å². The quantitative estimate of drug-likeness (QED) is 0.437. The molecule has 4 unspecified atom stereocenters. The van der Waals surface area contributed by atoms with E-state index in [4.69, 9.17) is 37.9 Å². The Balaban J connectivity index is 1.30. The van der Waals surface area contributed by atoms with Crippen LogP contribution in [-0.2, 0) is 18.9 Å². The molecule has 0 spiro atoms. The predicted molar refractivity (Wildman–Crippen MR) is 113 cm³/mol. The van der Waals surface area contributed by atoms with Crippen molar-refractivity contribution < 1.29 is 37.9 Å². The second kappa shape index (κ2) is 8.78. The fourth-order valence-electron chi connectivity index (χ4n) is 3.30. The summed E-state index contributed by atoms with van der Waals surface area (Å²) >= 11 is 0. The number of epoxide rings is 4. The first-order chi connectivity index (χ1) is 15.8. The van der Waals surface area contributed by atoms with Gasteiger partial charge < -0.3 is 37.9 Å². The summed E-state index contributed by atoms with van der Waals surface area (Å²) in [5, 5.41) is 0. The zero-order valence-electron chi connectivity index (χ0n) is 17.7. The Hall–Kier alpha value is -2.52. The maximum absolute atomic E-state index is 6.23. The minimum absolute atomic E-state index is 0.118. The van der Waals surface area contributed by atoms with Crippen molar-refractivity contribution in [2.24, 2.45) is 0 Å². The Morgan fingerprint density at radius 1 is 0.562 bits per heavy atom. The van der Waals surface area contributed by atoms with Crippen molar-refractivity contribution >= 4 is 0 Å². The van der Waals surface area contributed by atoms with Crippen LogP contribution in [0.5, 0.6) is 23.0 Å². The van der Waals surface area contributed by atoms with Crippen LogP contribution in [0.4, 0.5) is 0 Å². The number of hydrogen-bond donors (Lipinski definition) is 0. The SMILES string of the molecule is c1cc(-c2c(OCC3CO3)ccc(OCC3CO3)c2OCC2CO2)ccc1OCC1CO1. The smallest absolute Gasteiger partial charge is 0.172 e. The molecule has 2 aromatic rings. The van der Waals surface area contributed by atoms with Crippen LogP contribution in [0.25, 0.3) is 11.1 Å². The largest absolute Gasteiger partial charge is 0.491 e. The molecule has 4 aliphatic heterocycles. The van der Waals surface area contributed by atoms with E-state index in [-0.39, 0.29) is 24.4 Å². The summed E-state index contributed by atoms with van der Waals surface area (Å²) in [5.74, 6) is 2.83. The summed E-state index contributed by atoms with van der Waals surface area (Å²) in [6.45, 7) is 4.96. The molecule has 0 bridgehead atoms. The van der Waals surface area contributed by atoms with Gasteiger partial charge in [-0.05, 0) is 29.8 Å². The third kappa shape index (κ3) is 5.27. The van der Waals surface area contributed by atoms with E-state index < -0.39 is 0 Å². The second-order valence-electron chi connectivity index (χ2n) is 8.36. The van der Waals surface area contributed by atoms with Crippen LogP contribution in [-0.4, -0.2) is 77.3 Å². The normalized spacial score (nSPS) is 26.9. The molecule has 8 nitrogen and oxygen atoms in total. The van der Waals surface area contributed by atoms with Crippen molar-refractivity contribution in [3.63, 3.8) is 0 Å². The van der Waals surface area contributed by atoms with Crippen LogP contribution < -0.4 is 18.9 Å². The maximum atomic E-state index is 6.23.